The number of amides is 1. The fraction of sp³-hybridized carbons (Fsp3) is 0.188. The number of ether oxygens (including phenoxy) is 1. The molecule has 2 aromatic carbocycles. The highest BCUT2D eigenvalue weighted by atomic mass is 16.5. The van der Waals surface area contributed by atoms with Crippen molar-refractivity contribution in [2.45, 2.75) is 0 Å². The van der Waals surface area contributed by atoms with E-state index in [9.17, 15) is 9.90 Å². The van der Waals surface area contributed by atoms with Crippen molar-refractivity contribution in [2.75, 3.05) is 31.4 Å². The van der Waals surface area contributed by atoms with Crippen molar-refractivity contribution in [1.82, 2.24) is 0 Å². The maximum absolute atomic E-state index is 12.2. The monoisotopic (exact) mass is 286 g/mol. The Morgan fingerprint density at radius 3 is 2.57 bits per heavy atom. The molecule has 1 amide bonds. The molecule has 0 aliphatic heterocycles. The van der Waals surface area contributed by atoms with Crippen LogP contribution in [0.5, 0.6) is 11.5 Å². The molecule has 0 aromatic heterocycles. The van der Waals surface area contributed by atoms with Crippen LogP contribution < -0.4 is 15.0 Å². The van der Waals surface area contributed by atoms with Gasteiger partial charge < -0.3 is 20.1 Å². The Morgan fingerprint density at radius 1 is 1.19 bits per heavy atom. The lowest BCUT2D eigenvalue weighted by atomic mass is 10.1. The summed E-state index contributed by atoms with van der Waals surface area (Å²) in [5.41, 5.74) is 1.85. The number of hydrogen-bond acceptors (Lipinski definition) is 4. The number of anilines is 2. The highest BCUT2D eigenvalue weighted by Crippen LogP contribution is 2.25. The van der Waals surface area contributed by atoms with Crippen molar-refractivity contribution in [3.63, 3.8) is 0 Å². The Morgan fingerprint density at radius 2 is 1.95 bits per heavy atom. The molecule has 0 aliphatic carbocycles. The Bertz CT molecular complexity index is 654. The van der Waals surface area contributed by atoms with E-state index in [2.05, 4.69) is 5.32 Å². The normalized spacial score (nSPS) is 10.0. The second-order valence-corrected chi connectivity index (χ2v) is 4.78. The first kappa shape index (κ1) is 14.7. The zero-order valence-corrected chi connectivity index (χ0v) is 12.3. The van der Waals surface area contributed by atoms with Crippen molar-refractivity contribution in [3.05, 3.63) is 48.0 Å². The molecular weight excluding hydrogens is 268 g/mol. The van der Waals surface area contributed by atoms with E-state index in [0.29, 0.717) is 11.4 Å². The fourth-order valence-corrected chi connectivity index (χ4v) is 1.89. The van der Waals surface area contributed by atoms with Crippen LogP contribution in [0.15, 0.2) is 42.5 Å². The molecule has 0 saturated heterocycles. The minimum atomic E-state index is -0.369. The summed E-state index contributed by atoms with van der Waals surface area (Å²) >= 11 is 0. The van der Waals surface area contributed by atoms with Gasteiger partial charge in [-0.05, 0) is 30.3 Å². The summed E-state index contributed by atoms with van der Waals surface area (Å²) in [6.07, 6.45) is 0. The molecule has 0 aliphatic rings. The molecular formula is C16H18N2O3. The molecule has 0 radical (unpaired) electrons. The summed E-state index contributed by atoms with van der Waals surface area (Å²) in [4.78, 5) is 14.1. The van der Waals surface area contributed by atoms with Gasteiger partial charge in [-0.25, -0.2) is 0 Å². The molecule has 0 spiro atoms. The number of phenols is 1. The minimum Gasteiger partial charge on any atom is -0.507 e. The number of aromatic hydroxyl groups is 1. The molecule has 21 heavy (non-hydrogen) atoms. The summed E-state index contributed by atoms with van der Waals surface area (Å²) in [5.74, 6) is 0.0142. The molecule has 0 unspecified atom stereocenters. The van der Waals surface area contributed by atoms with Crippen LogP contribution in [0.25, 0.3) is 0 Å². The Kier molecular flexibility index (Phi) is 4.33. The number of nitrogens with zero attached hydrogens (tertiary/aromatic N) is 1. The third kappa shape index (κ3) is 3.45. The Labute approximate surface area is 123 Å². The van der Waals surface area contributed by atoms with Gasteiger partial charge in [-0.1, -0.05) is 6.07 Å². The molecule has 0 saturated carbocycles. The zero-order valence-electron chi connectivity index (χ0n) is 12.3. The summed E-state index contributed by atoms with van der Waals surface area (Å²) in [7, 11) is 5.35. The molecule has 0 heterocycles. The number of methoxy groups -OCH3 is 1. The predicted octanol–water partition coefficient (Wildman–Crippen LogP) is 2.72. The number of carbonyl (C=O) groups is 1. The second kappa shape index (κ2) is 6.17. The number of phenolic OH excluding ortho intramolecular Hbond substituents is 1. The number of carbonyl (C=O) groups excluding carboxylic acids is 1. The first-order valence-electron chi connectivity index (χ1n) is 6.47. The van der Waals surface area contributed by atoms with Gasteiger partial charge in [-0.2, -0.15) is 0 Å². The van der Waals surface area contributed by atoms with E-state index in [0.717, 1.165) is 5.69 Å². The van der Waals surface area contributed by atoms with Crippen LogP contribution in [-0.4, -0.2) is 32.2 Å². The maximum atomic E-state index is 12.2. The molecule has 2 aromatic rings. The van der Waals surface area contributed by atoms with E-state index in [1.165, 1.54) is 19.2 Å². The van der Waals surface area contributed by atoms with Gasteiger partial charge in [0.25, 0.3) is 5.91 Å². The minimum absolute atomic E-state index is 0.115. The van der Waals surface area contributed by atoms with E-state index in [-0.39, 0.29) is 17.2 Å². The topological polar surface area (TPSA) is 61.8 Å². The molecule has 0 bridgehead atoms. The summed E-state index contributed by atoms with van der Waals surface area (Å²) < 4.78 is 4.99. The highest BCUT2D eigenvalue weighted by Gasteiger charge is 2.12. The Balaban J connectivity index is 2.20. The van der Waals surface area contributed by atoms with E-state index in [1.807, 2.05) is 37.2 Å². The van der Waals surface area contributed by atoms with Crippen LogP contribution in [0.2, 0.25) is 0 Å². The second-order valence-electron chi connectivity index (χ2n) is 4.78. The van der Waals surface area contributed by atoms with Gasteiger partial charge in [0.05, 0.1) is 12.7 Å². The summed E-state index contributed by atoms with van der Waals surface area (Å²) in [6.45, 7) is 0. The lowest BCUT2D eigenvalue weighted by Gasteiger charge is -2.14. The quantitative estimate of drug-likeness (QED) is 0.907. The van der Waals surface area contributed by atoms with Crippen LogP contribution in [0.4, 0.5) is 11.4 Å². The number of benzene rings is 2. The van der Waals surface area contributed by atoms with Crippen LogP contribution >= 0.6 is 0 Å². The number of nitrogens with one attached hydrogen (secondary N) is 1. The SMILES string of the molecule is COc1ccc(C(=O)Nc2cccc(N(C)C)c2)c(O)c1. The van der Waals surface area contributed by atoms with Gasteiger partial charge in [-0.15, -0.1) is 0 Å². The third-order valence-electron chi connectivity index (χ3n) is 3.07. The van der Waals surface area contributed by atoms with Gasteiger partial charge in [0.1, 0.15) is 11.5 Å². The molecule has 2 N–H and O–H groups in total. The van der Waals surface area contributed by atoms with Crippen LogP contribution in [0, 0.1) is 0 Å². The average Bonchev–Trinajstić information content (AvgIpc) is 2.47. The van der Waals surface area contributed by atoms with E-state index in [4.69, 9.17) is 4.74 Å². The summed E-state index contributed by atoms with van der Waals surface area (Å²) in [5, 5.41) is 12.6. The van der Waals surface area contributed by atoms with Gasteiger partial charge in [0, 0.05) is 31.5 Å². The largest absolute Gasteiger partial charge is 0.507 e. The Hall–Kier alpha value is -2.69. The molecule has 5 heteroatoms. The number of hydrogen-bond donors (Lipinski definition) is 2. The van der Waals surface area contributed by atoms with Crippen LogP contribution in [0.1, 0.15) is 10.4 Å². The van der Waals surface area contributed by atoms with Crippen molar-refractivity contribution < 1.29 is 14.6 Å². The molecule has 0 atom stereocenters. The summed E-state index contributed by atoms with van der Waals surface area (Å²) in [6, 6.07) is 12.0. The number of rotatable bonds is 4. The van der Waals surface area contributed by atoms with E-state index >= 15 is 0 Å². The third-order valence-corrected chi connectivity index (χ3v) is 3.07. The standard InChI is InChI=1S/C16H18N2O3/c1-18(2)12-6-4-5-11(9-12)17-16(20)14-8-7-13(21-3)10-15(14)19/h4-10,19H,1-3H3,(H,17,20). The first-order valence-corrected chi connectivity index (χ1v) is 6.47. The van der Waals surface area contributed by atoms with Crippen molar-refractivity contribution >= 4 is 17.3 Å². The maximum Gasteiger partial charge on any atom is 0.259 e. The van der Waals surface area contributed by atoms with Crippen molar-refractivity contribution in [1.29, 1.82) is 0 Å². The average molecular weight is 286 g/mol. The molecule has 0 fully saturated rings. The van der Waals surface area contributed by atoms with Crippen molar-refractivity contribution in [3.8, 4) is 11.5 Å². The predicted molar refractivity (Wildman–Crippen MR) is 83.4 cm³/mol. The molecule has 5 nitrogen and oxygen atoms in total. The van der Waals surface area contributed by atoms with Crippen LogP contribution in [-0.2, 0) is 0 Å². The van der Waals surface area contributed by atoms with Crippen molar-refractivity contribution in [2.24, 2.45) is 0 Å². The van der Waals surface area contributed by atoms with E-state index < -0.39 is 0 Å². The molecule has 110 valence electrons. The lowest BCUT2D eigenvalue weighted by molar-refractivity contribution is 0.102. The van der Waals surface area contributed by atoms with Gasteiger partial charge in [0.15, 0.2) is 0 Å². The fourth-order valence-electron chi connectivity index (χ4n) is 1.89. The molecule has 2 rings (SSSR count). The highest BCUT2D eigenvalue weighted by molar-refractivity contribution is 6.06. The zero-order chi connectivity index (χ0) is 15.4. The smallest absolute Gasteiger partial charge is 0.259 e. The van der Waals surface area contributed by atoms with Crippen LogP contribution in [0.3, 0.4) is 0 Å². The van der Waals surface area contributed by atoms with E-state index in [1.54, 1.807) is 12.1 Å². The lowest BCUT2D eigenvalue weighted by Crippen LogP contribution is -2.13. The van der Waals surface area contributed by atoms with Gasteiger partial charge >= 0.3 is 0 Å². The van der Waals surface area contributed by atoms with Gasteiger partial charge in [-0.3, -0.25) is 4.79 Å². The first-order chi connectivity index (χ1) is 10.0. The van der Waals surface area contributed by atoms with Gasteiger partial charge in [0.2, 0.25) is 0 Å².